The number of hydrogen-bond acceptors (Lipinski definition) is 3. The van der Waals surface area contributed by atoms with E-state index in [1.807, 2.05) is 26.0 Å². The highest BCUT2D eigenvalue weighted by Gasteiger charge is 2.38. The molecule has 3 rings (SSSR count). The molecule has 134 valence electrons. The zero-order chi connectivity index (χ0) is 18.0. The van der Waals surface area contributed by atoms with E-state index in [1.165, 1.54) is 0 Å². The molecule has 6 nitrogen and oxygen atoms in total. The molecule has 0 saturated carbocycles. The zero-order valence-corrected chi connectivity index (χ0v) is 14.8. The molecule has 1 fully saturated rings. The van der Waals surface area contributed by atoms with Crippen molar-refractivity contribution in [3.8, 4) is 0 Å². The lowest BCUT2D eigenvalue weighted by Gasteiger charge is -2.34. The van der Waals surface area contributed by atoms with Crippen LogP contribution in [0.5, 0.6) is 0 Å². The Morgan fingerprint density at radius 2 is 2.00 bits per heavy atom. The van der Waals surface area contributed by atoms with E-state index in [9.17, 15) is 9.59 Å². The second-order valence-corrected chi connectivity index (χ2v) is 6.99. The molecule has 1 aromatic carbocycles. The minimum absolute atomic E-state index is 0.0994. The Hall–Kier alpha value is -2.34. The number of H-pyrrole nitrogens is 1. The van der Waals surface area contributed by atoms with Crippen LogP contribution in [0.4, 0.5) is 0 Å². The average molecular weight is 343 g/mol. The fourth-order valence-electron chi connectivity index (χ4n) is 3.49. The zero-order valence-electron chi connectivity index (χ0n) is 14.8. The molecule has 1 aromatic heterocycles. The van der Waals surface area contributed by atoms with Gasteiger partial charge in [-0.2, -0.15) is 0 Å². The van der Waals surface area contributed by atoms with Crippen molar-refractivity contribution in [2.24, 2.45) is 11.1 Å². The van der Waals surface area contributed by atoms with E-state index in [1.54, 1.807) is 0 Å². The predicted octanol–water partition coefficient (Wildman–Crippen LogP) is 1.73. The van der Waals surface area contributed by atoms with Crippen LogP contribution in [-0.2, 0) is 20.7 Å². The van der Waals surface area contributed by atoms with Gasteiger partial charge in [0.05, 0.1) is 11.8 Å². The Balaban J connectivity index is 1.71. The number of carbonyl (C=O) groups excluding carboxylic acids is 2. The number of carbonyl (C=O) groups is 2. The summed E-state index contributed by atoms with van der Waals surface area (Å²) in [4.78, 5) is 27.7. The number of aromatic amines is 1. The molecule has 2 amide bonds. The van der Waals surface area contributed by atoms with Gasteiger partial charge in [0.15, 0.2) is 0 Å². The van der Waals surface area contributed by atoms with Gasteiger partial charge in [0, 0.05) is 36.4 Å². The number of nitrogens with one attached hydrogen (secondary N) is 2. The maximum atomic E-state index is 12.5. The van der Waals surface area contributed by atoms with Crippen LogP contribution in [0.3, 0.4) is 0 Å². The lowest BCUT2D eigenvalue weighted by molar-refractivity contribution is -0.133. The van der Waals surface area contributed by atoms with Crippen LogP contribution in [0.15, 0.2) is 18.2 Å². The summed E-state index contributed by atoms with van der Waals surface area (Å²) in [5, 5.41) is 3.98. The average Bonchev–Trinajstić information content (AvgIpc) is 2.89. The highest BCUT2D eigenvalue weighted by atomic mass is 16.5. The minimum Gasteiger partial charge on any atom is -0.381 e. The molecule has 6 heteroatoms. The fourth-order valence-corrected chi connectivity index (χ4v) is 3.49. The summed E-state index contributed by atoms with van der Waals surface area (Å²) >= 11 is 0. The lowest BCUT2D eigenvalue weighted by atomic mass is 9.79. The van der Waals surface area contributed by atoms with E-state index in [4.69, 9.17) is 10.5 Å². The molecule has 25 heavy (non-hydrogen) atoms. The van der Waals surface area contributed by atoms with Crippen molar-refractivity contribution in [3.63, 3.8) is 0 Å². The van der Waals surface area contributed by atoms with Crippen molar-refractivity contribution in [1.82, 2.24) is 10.3 Å². The molecule has 0 aliphatic carbocycles. The molecule has 0 unspecified atom stereocenters. The van der Waals surface area contributed by atoms with Crippen LogP contribution in [0.25, 0.3) is 10.9 Å². The standard InChI is InChI=1S/C19H25N3O3/c1-12-3-4-16-15(9-12)14(13(2)22-16)10-17(23)21-11-19(18(20)24)5-7-25-8-6-19/h3-4,9,22H,5-8,10-11H2,1-2H3,(H2,20,24)(H,21,23). The molecule has 4 N–H and O–H groups in total. The summed E-state index contributed by atoms with van der Waals surface area (Å²) in [6.45, 7) is 5.28. The van der Waals surface area contributed by atoms with Crippen molar-refractivity contribution in [3.05, 3.63) is 35.0 Å². The second kappa shape index (κ2) is 6.88. The Bertz CT molecular complexity index is 804. The molecule has 0 radical (unpaired) electrons. The van der Waals surface area contributed by atoms with E-state index < -0.39 is 5.41 Å². The maximum Gasteiger partial charge on any atom is 0.225 e. The number of benzene rings is 1. The van der Waals surface area contributed by atoms with Crippen molar-refractivity contribution in [2.75, 3.05) is 19.8 Å². The number of fused-ring (bicyclic) bond motifs is 1. The molecule has 0 bridgehead atoms. The second-order valence-electron chi connectivity index (χ2n) is 6.99. The summed E-state index contributed by atoms with van der Waals surface area (Å²) in [6.07, 6.45) is 1.38. The first-order valence-electron chi connectivity index (χ1n) is 8.63. The first kappa shape index (κ1) is 17.5. The normalized spacial score (nSPS) is 16.7. The van der Waals surface area contributed by atoms with Crippen LogP contribution in [0, 0.1) is 19.3 Å². The third-order valence-corrected chi connectivity index (χ3v) is 5.21. The first-order valence-corrected chi connectivity index (χ1v) is 8.63. The van der Waals surface area contributed by atoms with Gasteiger partial charge in [0.2, 0.25) is 11.8 Å². The third-order valence-electron chi connectivity index (χ3n) is 5.21. The van der Waals surface area contributed by atoms with Crippen LogP contribution in [0.2, 0.25) is 0 Å². The first-order chi connectivity index (χ1) is 11.9. The summed E-state index contributed by atoms with van der Waals surface area (Å²) in [5.74, 6) is -0.465. The molecule has 1 saturated heterocycles. The summed E-state index contributed by atoms with van der Waals surface area (Å²) in [6, 6.07) is 6.16. The number of amides is 2. The van der Waals surface area contributed by atoms with Gasteiger partial charge in [-0.05, 0) is 44.4 Å². The largest absolute Gasteiger partial charge is 0.381 e. The van der Waals surface area contributed by atoms with Crippen molar-refractivity contribution in [2.45, 2.75) is 33.1 Å². The molecule has 0 atom stereocenters. The van der Waals surface area contributed by atoms with Crippen LogP contribution in [0.1, 0.15) is 29.7 Å². The quantitative estimate of drug-likeness (QED) is 0.771. The van der Waals surface area contributed by atoms with Crippen molar-refractivity contribution in [1.29, 1.82) is 0 Å². The lowest BCUT2D eigenvalue weighted by Crippen LogP contribution is -2.49. The minimum atomic E-state index is -0.695. The maximum absolute atomic E-state index is 12.5. The van der Waals surface area contributed by atoms with E-state index in [0.29, 0.717) is 26.1 Å². The Morgan fingerprint density at radius 3 is 2.68 bits per heavy atom. The number of aromatic nitrogens is 1. The number of hydrogen-bond donors (Lipinski definition) is 3. The molecule has 2 aromatic rings. The Morgan fingerprint density at radius 1 is 1.28 bits per heavy atom. The van der Waals surface area contributed by atoms with E-state index in [2.05, 4.69) is 16.4 Å². The van der Waals surface area contributed by atoms with Gasteiger partial charge in [0.25, 0.3) is 0 Å². The molecule has 1 aliphatic rings. The van der Waals surface area contributed by atoms with E-state index in [0.717, 1.165) is 27.7 Å². The predicted molar refractivity (Wildman–Crippen MR) is 96.2 cm³/mol. The molecule has 2 heterocycles. The number of rotatable bonds is 5. The Labute approximate surface area is 147 Å². The fraction of sp³-hybridized carbons (Fsp3) is 0.474. The monoisotopic (exact) mass is 343 g/mol. The van der Waals surface area contributed by atoms with E-state index in [-0.39, 0.29) is 24.8 Å². The van der Waals surface area contributed by atoms with Gasteiger partial charge in [0.1, 0.15) is 0 Å². The van der Waals surface area contributed by atoms with Crippen LogP contribution < -0.4 is 11.1 Å². The van der Waals surface area contributed by atoms with Gasteiger partial charge >= 0.3 is 0 Å². The Kier molecular flexibility index (Phi) is 4.81. The van der Waals surface area contributed by atoms with E-state index >= 15 is 0 Å². The van der Waals surface area contributed by atoms with Crippen LogP contribution >= 0.6 is 0 Å². The molecular weight excluding hydrogens is 318 g/mol. The highest BCUT2D eigenvalue weighted by Crippen LogP contribution is 2.29. The van der Waals surface area contributed by atoms with Gasteiger partial charge in [-0.15, -0.1) is 0 Å². The SMILES string of the molecule is Cc1ccc2[nH]c(C)c(CC(=O)NCC3(C(N)=O)CCOCC3)c2c1. The van der Waals surface area contributed by atoms with Gasteiger partial charge < -0.3 is 20.8 Å². The molecule has 0 spiro atoms. The van der Waals surface area contributed by atoms with Crippen LogP contribution in [-0.4, -0.2) is 36.6 Å². The topological polar surface area (TPSA) is 97.2 Å². The summed E-state index contributed by atoms with van der Waals surface area (Å²) in [5.41, 5.74) is 9.07. The number of ether oxygens (including phenoxy) is 1. The summed E-state index contributed by atoms with van der Waals surface area (Å²) in [7, 11) is 0. The van der Waals surface area contributed by atoms with Gasteiger partial charge in [-0.3, -0.25) is 9.59 Å². The molecule has 1 aliphatic heterocycles. The number of aryl methyl sites for hydroxylation is 2. The highest BCUT2D eigenvalue weighted by molar-refractivity contribution is 5.91. The van der Waals surface area contributed by atoms with Gasteiger partial charge in [-0.25, -0.2) is 0 Å². The number of primary amides is 1. The number of nitrogens with two attached hydrogens (primary N) is 1. The smallest absolute Gasteiger partial charge is 0.225 e. The van der Waals surface area contributed by atoms with Gasteiger partial charge in [-0.1, -0.05) is 11.6 Å². The van der Waals surface area contributed by atoms with Crippen molar-refractivity contribution >= 4 is 22.7 Å². The van der Waals surface area contributed by atoms with Crippen molar-refractivity contribution < 1.29 is 14.3 Å². The molecular formula is C19H25N3O3. The summed E-state index contributed by atoms with van der Waals surface area (Å²) < 4.78 is 5.32. The third kappa shape index (κ3) is 3.54.